The van der Waals surface area contributed by atoms with Gasteiger partial charge in [0.15, 0.2) is 0 Å². The van der Waals surface area contributed by atoms with Crippen molar-refractivity contribution in [1.82, 2.24) is 10.2 Å². The van der Waals surface area contributed by atoms with E-state index in [0.717, 1.165) is 28.7 Å². The molecule has 6 heteroatoms. The second-order valence-electron chi connectivity index (χ2n) is 10.0. The molecule has 2 saturated heterocycles. The molecule has 6 rings (SSSR count). The number of likely N-dealkylation sites (tertiary alicyclic amines) is 1. The normalized spacial score (nSPS) is 26.4. The number of carbonyl (C=O) groups is 3. The van der Waals surface area contributed by atoms with Gasteiger partial charge in [0.2, 0.25) is 17.7 Å². The molecule has 182 valence electrons. The molecule has 0 aromatic heterocycles. The highest BCUT2D eigenvalue weighted by Gasteiger charge is 2.70. The van der Waals surface area contributed by atoms with Gasteiger partial charge in [-0.1, -0.05) is 79.7 Å². The Morgan fingerprint density at radius 1 is 0.833 bits per heavy atom. The van der Waals surface area contributed by atoms with Crippen molar-refractivity contribution in [3.63, 3.8) is 0 Å². The van der Waals surface area contributed by atoms with Crippen LogP contribution in [0, 0.1) is 11.8 Å². The molecule has 0 bridgehead atoms. The molecular formula is C30H29N3O3. The molecule has 3 aromatic rings. The molecule has 3 amide bonds. The molecule has 4 atom stereocenters. The molecule has 3 aromatic carbocycles. The third-order valence-corrected chi connectivity index (χ3v) is 8.04. The molecule has 4 unspecified atom stereocenters. The summed E-state index contributed by atoms with van der Waals surface area (Å²) in [4.78, 5) is 42.9. The number of fused-ring (bicyclic) bond motifs is 4. The summed E-state index contributed by atoms with van der Waals surface area (Å²) in [5, 5.41) is 6.55. The van der Waals surface area contributed by atoms with Crippen LogP contribution in [-0.2, 0) is 39.2 Å². The van der Waals surface area contributed by atoms with Crippen molar-refractivity contribution in [2.75, 3.05) is 11.9 Å². The van der Waals surface area contributed by atoms with E-state index in [9.17, 15) is 14.4 Å². The Kier molecular flexibility index (Phi) is 5.49. The standard InChI is InChI=1S/C30H29N3O3/c1-2-19-13-14-23-22(17-19)30(29(36)31-23)26-25(24(32-30)18-21-11-7-4-8-12-21)27(34)33(28(26)35)16-15-20-9-5-3-6-10-20/h3-14,17,24-26,32H,2,15-16,18H2,1H3,(H,31,36). The summed E-state index contributed by atoms with van der Waals surface area (Å²) in [6.45, 7) is 2.38. The number of benzene rings is 3. The Balaban J connectivity index is 1.41. The second kappa shape index (κ2) is 8.71. The van der Waals surface area contributed by atoms with Crippen molar-refractivity contribution in [2.24, 2.45) is 11.8 Å². The van der Waals surface area contributed by atoms with Gasteiger partial charge in [-0.3, -0.25) is 24.6 Å². The third kappa shape index (κ3) is 3.39. The molecule has 0 saturated carbocycles. The molecular weight excluding hydrogens is 450 g/mol. The van der Waals surface area contributed by atoms with E-state index in [1.165, 1.54) is 4.90 Å². The van der Waals surface area contributed by atoms with E-state index >= 15 is 0 Å². The fourth-order valence-electron chi connectivity index (χ4n) is 6.28. The van der Waals surface area contributed by atoms with E-state index in [0.29, 0.717) is 25.1 Å². The molecule has 0 aliphatic carbocycles. The van der Waals surface area contributed by atoms with E-state index in [2.05, 4.69) is 17.6 Å². The highest BCUT2D eigenvalue weighted by molar-refractivity contribution is 6.15. The van der Waals surface area contributed by atoms with Gasteiger partial charge in [0.25, 0.3) is 0 Å². The van der Waals surface area contributed by atoms with Crippen molar-refractivity contribution in [1.29, 1.82) is 0 Å². The quantitative estimate of drug-likeness (QED) is 0.531. The van der Waals surface area contributed by atoms with Crippen LogP contribution < -0.4 is 10.6 Å². The predicted molar refractivity (Wildman–Crippen MR) is 137 cm³/mol. The Morgan fingerprint density at radius 3 is 2.22 bits per heavy atom. The molecule has 36 heavy (non-hydrogen) atoms. The number of amides is 3. The monoisotopic (exact) mass is 479 g/mol. The Morgan fingerprint density at radius 2 is 1.53 bits per heavy atom. The highest BCUT2D eigenvalue weighted by atomic mass is 16.2. The smallest absolute Gasteiger partial charge is 0.250 e. The van der Waals surface area contributed by atoms with Crippen LogP contribution >= 0.6 is 0 Å². The minimum atomic E-state index is -1.25. The summed E-state index contributed by atoms with van der Waals surface area (Å²) >= 11 is 0. The first-order chi connectivity index (χ1) is 17.5. The number of hydrogen-bond donors (Lipinski definition) is 2. The van der Waals surface area contributed by atoms with Gasteiger partial charge in [0.05, 0.1) is 11.8 Å². The number of carbonyl (C=O) groups excluding carboxylic acids is 3. The number of nitrogens with one attached hydrogen (secondary N) is 2. The molecule has 3 heterocycles. The Labute approximate surface area is 210 Å². The maximum atomic E-state index is 14.0. The largest absolute Gasteiger partial charge is 0.324 e. The van der Waals surface area contributed by atoms with Gasteiger partial charge in [0.1, 0.15) is 5.54 Å². The molecule has 3 aliphatic heterocycles. The van der Waals surface area contributed by atoms with E-state index < -0.39 is 17.4 Å². The molecule has 2 fully saturated rings. The van der Waals surface area contributed by atoms with Gasteiger partial charge >= 0.3 is 0 Å². The van der Waals surface area contributed by atoms with Gasteiger partial charge in [-0.05, 0) is 42.0 Å². The van der Waals surface area contributed by atoms with Crippen molar-refractivity contribution in [2.45, 2.75) is 37.8 Å². The van der Waals surface area contributed by atoms with Crippen molar-refractivity contribution < 1.29 is 14.4 Å². The molecule has 2 N–H and O–H groups in total. The van der Waals surface area contributed by atoms with E-state index in [-0.39, 0.29) is 23.8 Å². The Hall–Kier alpha value is -3.77. The van der Waals surface area contributed by atoms with Gasteiger partial charge in [-0.2, -0.15) is 0 Å². The fourth-order valence-corrected chi connectivity index (χ4v) is 6.28. The van der Waals surface area contributed by atoms with Crippen molar-refractivity contribution in [3.8, 4) is 0 Å². The summed E-state index contributed by atoms with van der Waals surface area (Å²) in [6.07, 6.45) is 1.96. The molecule has 3 aliphatic rings. The highest BCUT2D eigenvalue weighted by Crippen LogP contribution is 2.53. The number of anilines is 1. The molecule has 6 nitrogen and oxygen atoms in total. The summed E-state index contributed by atoms with van der Waals surface area (Å²) in [5.41, 5.74) is 3.47. The lowest BCUT2D eigenvalue weighted by molar-refractivity contribution is -0.142. The van der Waals surface area contributed by atoms with Crippen LogP contribution in [0.15, 0.2) is 78.9 Å². The number of imide groups is 1. The maximum Gasteiger partial charge on any atom is 0.250 e. The van der Waals surface area contributed by atoms with Crippen LogP contribution in [0.3, 0.4) is 0 Å². The van der Waals surface area contributed by atoms with Crippen LogP contribution in [0.25, 0.3) is 0 Å². The topological polar surface area (TPSA) is 78.5 Å². The summed E-state index contributed by atoms with van der Waals surface area (Å²) in [7, 11) is 0. The van der Waals surface area contributed by atoms with Crippen LogP contribution in [0.1, 0.15) is 29.2 Å². The molecule has 1 spiro atoms. The van der Waals surface area contributed by atoms with E-state index in [1.807, 2.05) is 78.9 Å². The molecule has 0 radical (unpaired) electrons. The lowest BCUT2D eigenvalue weighted by atomic mass is 9.76. The van der Waals surface area contributed by atoms with Crippen LogP contribution in [-0.4, -0.2) is 35.2 Å². The van der Waals surface area contributed by atoms with Crippen molar-refractivity contribution in [3.05, 3.63) is 101 Å². The first-order valence-electron chi connectivity index (χ1n) is 12.7. The van der Waals surface area contributed by atoms with E-state index in [1.54, 1.807) is 0 Å². The average molecular weight is 480 g/mol. The Bertz CT molecular complexity index is 1340. The van der Waals surface area contributed by atoms with Gasteiger partial charge < -0.3 is 5.32 Å². The number of rotatable bonds is 6. The third-order valence-electron chi connectivity index (χ3n) is 8.04. The van der Waals surface area contributed by atoms with Crippen molar-refractivity contribution >= 4 is 23.4 Å². The van der Waals surface area contributed by atoms with Crippen LogP contribution in [0.4, 0.5) is 5.69 Å². The zero-order chi connectivity index (χ0) is 24.9. The average Bonchev–Trinajstić information content (AvgIpc) is 3.48. The first-order valence-corrected chi connectivity index (χ1v) is 12.7. The number of aryl methyl sites for hydroxylation is 1. The fraction of sp³-hybridized carbons (Fsp3) is 0.300. The summed E-state index contributed by atoms with van der Waals surface area (Å²) < 4.78 is 0. The lowest BCUT2D eigenvalue weighted by Crippen LogP contribution is -2.53. The zero-order valence-electron chi connectivity index (χ0n) is 20.2. The summed E-state index contributed by atoms with van der Waals surface area (Å²) in [6, 6.07) is 25.4. The van der Waals surface area contributed by atoms with Crippen LogP contribution in [0.5, 0.6) is 0 Å². The zero-order valence-corrected chi connectivity index (χ0v) is 20.2. The number of nitrogens with zero attached hydrogens (tertiary/aromatic N) is 1. The SMILES string of the molecule is CCc1ccc2c(c1)C1(NC(Cc3ccccc3)C3C(=O)N(CCc4ccccc4)C(=O)C31)C(=O)N2. The van der Waals surface area contributed by atoms with Gasteiger partial charge in [0, 0.05) is 23.8 Å². The lowest BCUT2D eigenvalue weighted by Gasteiger charge is -2.30. The van der Waals surface area contributed by atoms with E-state index in [4.69, 9.17) is 0 Å². The first kappa shape index (κ1) is 22.7. The maximum absolute atomic E-state index is 14.0. The minimum absolute atomic E-state index is 0.181. The predicted octanol–water partition coefficient (Wildman–Crippen LogP) is 3.45. The second-order valence-corrected chi connectivity index (χ2v) is 10.0. The van der Waals surface area contributed by atoms with Gasteiger partial charge in [-0.25, -0.2) is 0 Å². The van der Waals surface area contributed by atoms with Crippen LogP contribution in [0.2, 0.25) is 0 Å². The van der Waals surface area contributed by atoms with Gasteiger partial charge in [-0.15, -0.1) is 0 Å². The summed E-state index contributed by atoms with van der Waals surface area (Å²) in [5.74, 6) is -2.06. The minimum Gasteiger partial charge on any atom is -0.324 e. The number of hydrogen-bond acceptors (Lipinski definition) is 4.